The molecule has 2 aliphatic rings. The van der Waals surface area contributed by atoms with E-state index in [9.17, 15) is 14.4 Å². The van der Waals surface area contributed by atoms with Crippen molar-refractivity contribution in [3.63, 3.8) is 0 Å². The minimum Gasteiger partial charge on any atom is -0.478 e. The Balaban J connectivity index is 1.84. The lowest BCUT2D eigenvalue weighted by atomic mass is 10.1. The van der Waals surface area contributed by atoms with Gasteiger partial charge in [0.15, 0.2) is 0 Å². The maximum absolute atomic E-state index is 12.3. The minimum absolute atomic E-state index is 0.0253. The molecule has 1 unspecified atom stereocenters. The van der Waals surface area contributed by atoms with Crippen molar-refractivity contribution in [1.29, 1.82) is 0 Å². The van der Waals surface area contributed by atoms with Crippen LogP contribution in [-0.4, -0.2) is 59.4 Å². The molecule has 1 saturated heterocycles. The number of carboxylic acids is 1. The SMILES string of the molecule is CN1CCC(CN2C(=O)c3ccc(C(=O)O)cc3C2=O)C1. The molecule has 1 aromatic carbocycles. The summed E-state index contributed by atoms with van der Waals surface area (Å²) < 4.78 is 0. The van der Waals surface area contributed by atoms with Crippen LogP contribution in [0.25, 0.3) is 0 Å². The Bertz CT molecular complexity index is 641. The Morgan fingerprint density at radius 2 is 2.00 bits per heavy atom. The van der Waals surface area contributed by atoms with Crippen LogP contribution in [-0.2, 0) is 0 Å². The second kappa shape index (κ2) is 4.96. The molecule has 1 N–H and O–H groups in total. The highest BCUT2D eigenvalue weighted by Crippen LogP contribution is 2.26. The summed E-state index contributed by atoms with van der Waals surface area (Å²) in [5, 5.41) is 8.98. The van der Waals surface area contributed by atoms with Crippen LogP contribution in [0.5, 0.6) is 0 Å². The zero-order valence-corrected chi connectivity index (χ0v) is 11.7. The number of benzene rings is 1. The maximum atomic E-state index is 12.3. The Morgan fingerprint density at radius 3 is 2.62 bits per heavy atom. The molecule has 0 aliphatic carbocycles. The van der Waals surface area contributed by atoms with Gasteiger partial charge in [0, 0.05) is 13.1 Å². The fraction of sp³-hybridized carbons (Fsp3) is 0.400. The molecule has 0 spiro atoms. The summed E-state index contributed by atoms with van der Waals surface area (Å²) >= 11 is 0. The largest absolute Gasteiger partial charge is 0.478 e. The van der Waals surface area contributed by atoms with Gasteiger partial charge in [-0.15, -0.1) is 0 Å². The van der Waals surface area contributed by atoms with Crippen LogP contribution < -0.4 is 0 Å². The van der Waals surface area contributed by atoms with Crippen molar-refractivity contribution in [2.75, 3.05) is 26.7 Å². The van der Waals surface area contributed by atoms with Gasteiger partial charge in [0.2, 0.25) is 0 Å². The zero-order valence-electron chi connectivity index (χ0n) is 11.7. The molecule has 0 bridgehead atoms. The fourth-order valence-corrected chi connectivity index (χ4v) is 3.02. The topological polar surface area (TPSA) is 77.9 Å². The van der Waals surface area contributed by atoms with E-state index in [1.54, 1.807) is 0 Å². The number of hydrogen-bond acceptors (Lipinski definition) is 4. The minimum atomic E-state index is -1.10. The van der Waals surface area contributed by atoms with Crippen molar-refractivity contribution in [1.82, 2.24) is 9.80 Å². The molecule has 0 aromatic heterocycles. The monoisotopic (exact) mass is 288 g/mol. The third-order valence-electron chi connectivity index (χ3n) is 4.15. The summed E-state index contributed by atoms with van der Waals surface area (Å²) in [7, 11) is 2.02. The molecule has 110 valence electrons. The van der Waals surface area contributed by atoms with E-state index in [2.05, 4.69) is 4.90 Å². The van der Waals surface area contributed by atoms with Crippen LogP contribution in [0.1, 0.15) is 37.5 Å². The van der Waals surface area contributed by atoms with Crippen LogP contribution in [0.3, 0.4) is 0 Å². The smallest absolute Gasteiger partial charge is 0.335 e. The average Bonchev–Trinajstić information content (AvgIpc) is 2.96. The Hall–Kier alpha value is -2.21. The molecule has 2 amide bonds. The first-order valence-corrected chi connectivity index (χ1v) is 6.89. The number of hydrogen-bond donors (Lipinski definition) is 1. The molecule has 2 heterocycles. The van der Waals surface area contributed by atoms with Gasteiger partial charge in [-0.2, -0.15) is 0 Å². The maximum Gasteiger partial charge on any atom is 0.335 e. The van der Waals surface area contributed by atoms with Gasteiger partial charge in [0.05, 0.1) is 16.7 Å². The number of imide groups is 1. The van der Waals surface area contributed by atoms with E-state index in [0.717, 1.165) is 19.5 Å². The number of carbonyl (C=O) groups excluding carboxylic acids is 2. The quantitative estimate of drug-likeness (QED) is 0.837. The van der Waals surface area contributed by atoms with Crippen LogP contribution in [0.2, 0.25) is 0 Å². The molecule has 3 rings (SSSR count). The lowest BCUT2D eigenvalue weighted by Crippen LogP contribution is -2.35. The highest BCUT2D eigenvalue weighted by atomic mass is 16.4. The summed E-state index contributed by atoms with van der Waals surface area (Å²) in [6.07, 6.45) is 0.963. The van der Waals surface area contributed by atoms with Gasteiger partial charge in [0.25, 0.3) is 11.8 Å². The van der Waals surface area contributed by atoms with Crippen LogP contribution in [0, 0.1) is 5.92 Å². The number of carbonyl (C=O) groups is 3. The Morgan fingerprint density at radius 1 is 1.29 bits per heavy atom. The first kappa shape index (κ1) is 13.8. The normalized spacial score (nSPS) is 22.0. The summed E-state index contributed by atoms with van der Waals surface area (Å²) in [5.41, 5.74) is 0.528. The fourth-order valence-electron chi connectivity index (χ4n) is 3.02. The molecule has 1 atom stereocenters. The second-order valence-corrected chi connectivity index (χ2v) is 5.70. The number of nitrogens with zero attached hydrogens (tertiary/aromatic N) is 2. The molecule has 1 fully saturated rings. The zero-order chi connectivity index (χ0) is 15.1. The molecule has 21 heavy (non-hydrogen) atoms. The number of carboxylic acid groups (broad SMARTS) is 1. The van der Waals surface area contributed by atoms with Gasteiger partial charge >= 0.3 is 5.97 Å². The first-order chi connectivity index (χ1) is 9.97. The Labute approximate surface area is 122 Å². The lowest BCUT2D eigenvalue weighted by Gasteiger charge is -2.18. The summed E-state index contributed by atoms with van der Waals surface area (Å²) in [5.74, 6) is -1.51. The Kier molecular flexibility index (Phi) is 3.25. The highest BCUT2D eigenvalue weighted by molar-refractivity contribution is 6.21. The van der Waals surface area contributed by atoms with E-state index in [1.807, 2.05) is 7.05 Å². The van der Waals surface area contributed by atoms with Gasteiger partial charge in [-0.25, -0.2) is 4.79 Å². The van der Waals surface area contributed by atoms with E-state index in [4.69, 9.17) is 5.11 Å². The van der Waals surface area contributed by atoms with Crippen LogP contribution in [0.15, 0.2) is 18.2 Å². The predicted molar refractivity (Wildman–Crippen MR) is 74.4 cm³/mol. The van der Waals surface area contributed by atoms with Crippen molar-refractivity contribution in [3.8, 4) is 0 Å². The van der Waals surface area contributed by atoms with Crippen molar-refractivity contribution < 1.29 is 19.5 Å². The number of fused-ring (bicyclic) bond motifs is 1. The summed E-state index contributed by atoms with van der Waals surface area (Å²) in [4.78, 5) is 39.0. The summed E-state index contributed by atoms with van der Waals surface area (Å²) in [6.45, 7) is 2.24. The van der Waals surface area contributed by atoms with E-state index in [1.165, 1.54) is 23.1 Å². The molecular weight excluding hydrogens is 272 g/mol. The van der Waals surface area contributed by atoms with Crippen molar-refractivity contribution >= 4 is 17.8 Å². The van der Waals surface area contributed by atoms with E-state index >= 15 is 0 Å². The van der Waals surface area contributed by atoms with Crippen LogP contribution >= 0.6 is 0 Å². The third kappa shape index (κ3) is 2.31. The highest BCUT2D eigenvalue weighted by Gasteiger charge is 2.38. The van der Waals surface area contributed by atoms with Gasteiger partial charge in [0.1, 0.15) is 0 Å². The van der Waals surface area contributed by atoms with Gasteiger partial charge in [-0.05, 0) is 44.1 Å². The number of rotatable bonds is 3. The number of likely N-dealkylation sites (tertiary alicyclic amines) is 1. The van der Waals surface area contributed by atoms with E-state index < -0.39 is 5.97 Å². The second-order valence-electron chi connectivity index (χ2n) is 5.70. The summed E-state index contributed by atoms with van der Waals surface area (Å²) in [6, 6.07) is 4.08. The lowest BCUT2D eigenvalue weighted by molar-refractivity contribution is 0.0629. The molecular formula is C15H16N2O4. The molecule has 0 saturated carbocycles. The van der Waals surface area contributed by atoms with Crippen LogP contribution in [0.4, 0.5) is 0 Å². The van der Waals surface area contributed by atoms with Crippen molar-refractivity contribution in [2.45, 2.75) is 6.42 Å². The van der Waals surface area contributed by atoms with E-state index in [0.29, 0.717) is 12.1 Å². The van der Waals surface area contributed by atoms with E-state index in [-0.39, 0.29) is 28.9 Å². The van der Waals surface area contributed by atoms with Gasteiger partial charge in [-0.1, -0.05) is 0 Å². The first-order valence-electron chi connectivity index (χ1n) is 6.89. The molecule has 6 nitrogen and oxygen atoms in total. The number of aromatic carboxylic acids is 1. The van der Waals surface area contributed by atoms with Gasteiger partial charge < -0.3 is 10.0 Å². The number of amides is 2. The van der Waals surface area contributed by atoms with Gasteiger partial charge in [-0.3, -0.25) is 14.5 Å². The predicted octanol–water partition coefficient (Wildman–Crippen LogP) is 0.933. The molecule has 0 radical (unpaired) electrons. The molecule has 2 aliphatic heterocycles. The standard InChI is InChI=1S/C15H16N2O4/c1-16-5-4-9(7-16)8-17-13(18)11-3-2-10(15(20)21)6-12(11)14(17)19/h2-3,6,9H,4-5,7-8H2,1H3,(H,20,21). The average molecular weight is 288 g/mol. The van der Waals surface area contributed by atoms with Crippen molar-refractivity contribution in [2.24, 2.45) is 5.92 Å². The molecule has 6 heteroatoms. The third-order valence-corrected chi connectivity index (χ3v) is 4.15. The molecule has 1 aromatic rings. The van der Waals surface area contributed by atoms with Crippen molar-refractivity contribution in [3.05, 3.63) is 34.9 Å².